The zero-order valence-electron chi connectivity index (χ0n) is 10.2. The van der Waals surface area contributed by atoms with E-state index in [9.17, 15) is 14.9 Å². The Bertz CT molecular complexity index is 619. The molecule has 1 aliphatic heterocycles. The number of carbonyl (C=O) groups is 1. The molecule has 0 saturated heterocycles. The molecule has 0 unspecified atom stereocenters. The van der Waals surface area contributed by atoms with E-state index >= 15 is 0 Å². The van der Waals surface area contributed by atoms with Crippen LogP contribution in [0.15, 0.2) is 28.9 Å². The summed E-state index contributed by atoms with van der Waals surface area (Å²) < 4.78 is 5.10. The minimum atomic E-state index is -0.592. The number of methoxy groups -OCH3 is 1. The van der Waals surface area contributed by atoms with Gasteiger partial charge in [0.15, 0.2) is 0 Å². The summed E-state index contributed by atoms with van der Waals surface area (Å²) in [7, 11) is 1.44. The van der Waals surface area contributed by atoms with Gasteiger partial charge in [0.05, 0.1) is 23.3 Å². The van der Waals surface area contributed by atoms with E-state index in [1.807, 2.05) is 0 Å². The second-order valence-electron chi connectivity index (χ2n) is 3.80. The standard InChI is InChI=1S/C12H10N2O5/c1-7-10(12(15)19-13-7)6-8-5-9(14(16)17)3-4-11(8)18-2/h3-6H,1-2H3/b10-6-. The van der Waals surface area contributed by atoms with Crippen LogP contribution in [0.2, 0.25) is 0 Å². The fraction of sp³-hybridized carbons (Fsp3) is 0.167. The SMILES string of the molecule is COc1ccc([N+](=O)[O-])cc1/C=C1\C(=O)ON=C1C. The van der Waals surface area contributed by atoms with Gasteiger partial charge in [0, 0.05) is 17.7 Å². The van der Waals surface area contributed by atoms with E-state index in [0.29, 0.717) is 17.0 Å². The van der Waals surface area contributed by atoms with E-state index in [2.05, 4.69) is 9.99 Å². The van der Waals surface area contributed by atoms with Crippen molar-refractivity contribution < 1.29 is 19.3 Å². The Morgan fingerprint density at radius 3 is 2.74 bits per heavy atom. The van der Waals surface area contributed by atoms with Crippen molar-refractivity contribution in [1.29, 1.82) is 0 Å². The maximum Gasteiger partial charge on any atom is 0.367 e. The predicted octanol–water partition coefficient (Wildman–Crippen LogP) is 1.92. The third-order valence-electron chi connectivity index (χ3n) is 2.60. The lowest BCUT2D eigenvalue weighted by molar-refractivity contribution is -0.384. The molecule has 0 fully saturated rings. The summed E-state index contributed by atoms with van der Waals surface area (Å²) in [6.45, 7) is 1.61. The number of benzene rings is 1. The summed E-state index contributed by atoms with van der Waals surface area (Å²) in [5.41, 5.74) is 0.992. The summed E-state index contributed by atoms with van der Waals surface area (Å²) in [5.74, 6) is -0.170. The number of hydrogen-bond donors (Lipinski definition) is 0. The fourth-order valence-corrected chi connectivity index (χ4v) is 1.62. The minimum absolute atomic E-state index is 0.0893. The fourth-order valence-electron chi connectivity index (χ4n) is 1.62. The van der Waals surface area contributed by atoms with Crippen LogP contribution < -0.4 is 4.74 Å². The summed E-state index contributed by atoms with van der Waals surface area (Å²) in [4.78, 5) is 26.2. The molecule has 0 radical (unpaired) electrons. The molecule has 1 aromatic carbocycles. The van der Waals surface area contributed by atoms with Gasteiger partial charge in [0.25, 0.3) is 5.69 Å². The molecule has 1 aliphatic rings. The van der Waals surface area contributed by atoms with E-state index in [1.165, 1.54) is 31.4 Å². The summed E-state index contributed by atoms with van der Waals surface area (Å²) in [5, 5.41) is 14.3. The number of ether oxygens (including phenoxy) is 1. The number of rotatable bonds is 3. The van der Waals surface area contributed by atoms with E-state index in [1.54, 1.807) is 6.92 Å². The monoisotopic (exact) mass is 262 g/mol. The van der Waals surface area contributed by atoms with Crippen LogP contribution in [0.3, 0.4) is 0 Å². The molecule has 7 nitrogen and oxygen atoms in total. The number of nitro benzene ring substituents is 1. The van der Waals surface area contributed by atoms with Gasteiger partial charge in [-0.3, -0.25) is 10.1 Å². The van der Waals surface area contributed by atoms with Crippen LogP contribution >= 0.6 is 0 Å². The quantitative estimate of drug-likeness (QED) is 0.359. The maximum atomic E-state index is 11.4. The van der Waals surface area contributed by atoms with Gasteiger partial charge >= 0.3 is 5.97 Å². The average Bonchev–Trinajstić information content (AvgIpc) is 2.70. The number of carbonyl (C=O) groups excluding carboxylic acids is 1. The summed E-state index contributed by atoms with van der Waals surface area (Å²) in [6, 6.07) is 4.12. The van der Waals surface area contributed by atoms with Crippen LogP contribution in [0.4, 0.5) is 5.69 Å². The molecular formula is C12H10N2O5. The zero-order chi connectivity index (χ0) is 14.0. The molecule has 0 saturated carbocycles. The van der Waals surface area contributed by atoms with Crippen molar-refractivity contribution in [1.82, 2.24) is 0 Å². The second kappa shape index (κ2) is 4.89. The summed E-state index contributed by atoms with van der Waals surface area (Å²) >= 11 is 0. The van der Waals surface area contributed by atoms with Gasteiger partial charge in [0.1, 0.15) is 5.75 Å². The van der Waals surface area contributed by atoms with Crippen molar-refractivity contribution in [2.24, 2.45) is 5.16 Å². The van der Waals surface area contributed by atoms with Crippen molar-refractivity contribution >= 4 is 23.4 Å². The molecule has 19 heavy (non-hydrogen) atoms. The molecule has 0 atom stereocenters. The maximum absolute atomic E-state index is 11.4. The first-order chi connectivity index (χ1) is 9.02. The van der Waals surface area contributed by atoms with Crippen molar-refractivity contribution in [3.8, 4) is 5.75 Å². The largest absolute Gasteiger partial charge is 0.496 e. The highest BCUT2D eigenvalue weighted by atomic mass is 16.7. The number of nitro groups is 1. The van der Waals surface area contributed by atoms with Gasteiger partial charge in [-0.05, 0) is 19.1 Å². The normalized spacial score (nSPS) is 16.2. The highest BCUT2D eigenvalue weighted by molar-refractivity contribution is 6.24. The van der Waals surface area contributed by atoms with Crippen LogP contribution in [-0.4, -0.2) is 23.7 Å². The lowest BCUT2D eigenvalue weighted by Crippen LogP contribution is -2.02. The van der Waals surface area contributed by atoms with E-state index < -0.39 is 10.9 Å². The first-order valence-corrected chi connectivity index (χ1v) is 5.33. The second-order valence-corrected chi connectivity index (χ2v) is 3.80. The molecule has 1 heterocycles. The number of non-ortho nitro benzene ring substituents is 1. The highest BCUT2D eigenvalue weighted by Crippen LogP contribution is 2.27. The number of nitrogens with zero attached hydrogens (tertiary/aromatic N) is 2. The van der Waals surface area contributed by atoms with Crippen LogP contribution in [-0.2, 0) is 9.63 Å². The van der Waals surface area contributed by atoms with Gasteiger partial charge in [-0.2, -0.15) is 0 Å². The Morgan fingerprint density at radius 2 is 2.21 bits per heavy atom. The van der Waals surface area contributed by atoms with E-state index in [4.69, 9.17) is 4.74 Å². The Kier molecular flexibility index (Phi) is 3.28. The van der Waals surface area contributed by atoms with E-state index in [-0.39, 0.29) is 11.3 Å². The topological polar surface area (TPSA) is 91.0 Å². The molecule has 0 bridgehead atoms. The van der Waals surface area contributed by atoms with Crippen molar-refractivity contribution in [3.05, 3.63) is 39.4 Å². The number of oxime groups is 1. The molecule has 0 N–H and O–H groups in total. The third kappa shape index (κ3) is 2.44. The van der Waals surface area contributed by atoms with Crippen LogP contribution in [0, 0.1) is 10.1 Å². The molecule has 7 heteroatoms. The summed E-state index contributed by atoms with van der Waals surface area (Å²) in [6.07, 6.45) is 1.46. The van der Waals surface area contributed by atoms with Gasteiger partial charge in [-0.1, -0.05) is 5.16 Å². The van der Waals surface area contributed by atoms with Crippen LogP contribution in [0.1, 0.15) is 12.5 Å². The lowest BCUT2D eigenvalue weighted by Gasteiger charge is -2.04. The smallest absolute Gasteiger partial charge is 0.367 e. The molecular weight excluding hydrogens is 252 g/mol. The Labute approximate surface area is 108 Å². The van der Waals surface area contributed by atoms with Gasteiger partial charge in [-0.25, -0.2) is 4.79 Å². The number of hydrogen-bond acceptors (Lipinski definition) is 6. The van der Waals surface area contributed by atoms with Crippen molar-refractivity contribution in [3.63, 3.8) is 0 Å². The molecule has 0 aromatic heterocycles. The first-order valence-electron chi connectivity index (χ1n) is 5.33. The molecule has 98 valence electrons. The molecule has 1 aromatic rings. The Hall–Kier alpha value is -2.70. The van der Waals surface area contributed by atoms with Gasteiger partial charge in [0.2, 0.25) is 0 Å². The Morgan fingerprint density at radius 1 is 1.47 bits per heavy atom. The van der Waals surface area contributed by atoms with Crippen molar-refractivity contribution in [2.75, 3.05) is 7.11 Å². The average molecular weight is 262 g/mol. The molecule has 0 aliphatic carbocycles. The third-order valence-corrected chi connectivity index (χ3v) is 2.60. The van der Waals surface area contributed by atoms with Crippen LogP contribution in [0.5, 0.6) is 5.75 Å². The first kappa shape index (κ1) is 12.7. The molecule has 0 spiro atoms. The highest BCUT2D eigenvalue weighted by Gasteiger charge is 2.23. The minimum Gasteiger partial charge on any atom is -0.496 e. The van der Waals surface area contributed by atoms with Gasteiger partial charge < -0.3 is 9.57 Å². The molecule has 0 amide bonds. The predicted molar refractivity (Wildman–Crippen MR) is 66.8 cm³/mol. The van der Waals surface area contributed by atoms with E-state index in [0.717, 1.165) is 0 Å². The van der Waals surface area contributed by atoms with Crippen LogP contribution in [0.25, 0.3) is 6.08 Å². The zero-order valence-corrected chi connectivity index (χ0v) is 10.2. The van der Waals surface area contributed by atoms with Crippen molar-refractivity contribution in [2.45, 2.75) is 6.92 Å². The Balaban J connectivity index is 2.51. The lowest BCUT2D eigenvalue weighted by atomic mass is 10.1. The van der Waals surface area contributed by atoms with Gasteiger partial charge in [-0.15, -0.1) is 0 Å². The molecule has 2 rings (SSSR count).